The van der Waals surface area contributed by atoms with Crippen molar-refractivity contribution in [1.82, 2.24) is 20.2 Å². The van der Waals surface area contributed by atoms with E-state index < -0.39 is 0 Å². The van der Waals surface area contributed by atoms with Gasteiger partial charge < -0.3 is 24.8 Å². The molecule has 1 aromatic heterocycles. The molecule has 2 amide bonds. The number of ether oxygens (including phenoxy) is 1. The van der Waals surface area contributed by atoms with Gasteiger partial charge in [0, 0.05) is 51.3 Å². The molecule has 0 aliphatic carbocycles. The number of fused-ring (bicyclic) bond motifs is 1. The summed E-state index contributed by atoms with van der Waals surface area (Å²) in [5.74, 6) is 1.83. The number of aromatic nitrogens is 2. The summed E-state index contributed by atoms with van der Waals surface area (Å²) in [6.07, 6.45) is 6.12. The first-order valence-corrected chi connectivity index (χ1v) is 10.4. The van der Waals surface area contributed by atoms with Crippen molar-refractivity contribution in [2.24, 2.45) is 0 Å². The average molecular weight is 387 g/mol. The van der Waals surface area contributed by atoms with Crippen LogP contribution in [0.15, 0.2) is 12.7 Å². The highest BCUT2D eigenvalue weighted by molar-refractivity contribution is 5.75. The van der Waals surface area contributed by atoms with Gasteiger partial charge in [-0.2, -0.15) is 4.98 Å². The molecule has 0 aromatic carbocycles. The first-order chi connectivity index (χ1) is 13.8. The van der Waals surface area contributed by atoms with E-state index in [9.17, 15) is 4.79 Å². The Balaban J connectivity index is 1.63. The van der Waals surface area contributed by atoms with Crippen LogP contribution in [0.2, 0.25) is 0 Å². The molecule has 0 radical (unpaired) electrons. The van der Waals surface area contributed by atoms with Crippen LogP contribution in [0.3, 0.4) is 0 Å². The van der Waals surface area contributed by atoms with Crippen LogP contribution < -0.4 is 15.1 Å². The number of anilines is 2. The SMILES string of the molecule is C=CCNC(=O)N1CCc2nc(N3CCOCC3)nc(N3CCCCC3)c2C1. The van der Waals surface area contributed by atoms with E-state index in [1.54, 1.807) is 6.08 Å². The second-order valence-electron chi connectivity index (χ2n) is 7.57. The van der Waals surface area contributed by atoms with Gasteiger partial charge in [0.25, 0.3) is 0 Å². The number of piperidine rings is 1. The molecule has 2 fully saturated rings. The molecular weight excluding hydrogens is 356 g/mol. The van der Waals surface area contributed by atoms with Gasteiger partial charge in [0.1, 0.15) is 5.82 Å². The molecule has 3 aliphatic heterocycles. The lowest BCUT2D eigenvalue weighted by molar-refractivity contribution is 0.122. The summed E-state index contributed by atoms with van der Waals surface area (Å²) in [4.78, 5) is 28.8. The molecule has 28 heavy (non-hydrogen) atoms. The third-order valence-electron chi connectivity index (χ3n) is 5.66. The molecule has 0 atom stereocenters. The third kappa shape index (κ3) is 4.06. The fourth-order valence-corrected chi connectivity index (χ4v) is 4.10. The minimum Gasteiger partial charge on any atom is -0.378 e. The van der Waals surface area contributed by atoms with Crippen molar-refractivity contribution in [2.45, 2.75) is 32.2 Å². The Hall–Kier alpha value is -2.35. The predicted octanol–water partition coefficient (Wildman–Crippen LogP) is 1.56. The summed E-state index contributed by atoms with van der Waals surface area (Å²) in [5, 5.41) is 2.89. The van der Waals surface area contributed by atoms with Gasteiger partial charge in [0.05, 0.1) is 25.5 Å². The highest BCUT2D eigenvalue weighted by atomic mass is 16.5. The second kappa shape index (κ2) is 8.77. The van der Waals surface area contributed by atoms with E-state index in [0.717, 1.165) is 68.8 Å². The standard InChI is InChI=1S/C20H30N6O2/c1-2-7-21-20(27)26-10-6-17-16(15-26)18(24-8-4-3-5-9-24)23-19(22-17)25-11-13-28-14-12-25/h2H,1,3-15H2,(H,21,27). The van der Waals surface area contributed by atoms with Crippen LogP contribution in [0.25, 0.3) is 0 Å². The summed E-state index contributed by atoms with van der Waals surface area (Å²) in [6, 6.07) is -0.0487. The van der Waals surface area contributed by atoms with Crippen molar-refractivity contribution in [2.75, 3.05) is 62.3 Å². The number of hydrogen-bond donors (Lipinski definition) is 1. The van der Waals surface area contributed by atoms with Crippen LogP contribution in [0.1, 0.15) is 30.5 Å². The highest BCUT2D eigenvalue weighted by Gasteiger charge is 2.29. The first kappa shape index (κ1) is 19.0. The Morgan fingerprint density at radius 2 is 1.86 bits per heavy atom. The zero-order valence-electron chi connectivity index (χ0n) is 16.5. The van der Waals surface area contributed by atoms with Crippen LogP contribution in [-0.4, -0.2) is 73.4 Å². The molecule has 8 heteroatoms. The molecule has 3 aliphatic rings. The fraction of sp³-hybridized carbons (Fsp3) is 0.650. The molecule has 0 spiro atoms. The maximum atomic E-state index is 12.5. The number of nitrogens with one attached hydrogen (secondary N) is 1. The van der Waals surface area contributed by atoms with E-state index in [1.165, 1.54) is 19.3 Å². The van der Waals surface area contributed by atoms with Gasteiger partial charge in [-0.1, -0.05) is 6.08 Å². The number of hydrogen-bond acceptors (Lipinski definition) is 6. The molecule has 1 aromatic rings. The normalized spacial score (nSPS) is 19.9. The zero-order chi connectivity index (χ0) is 19.3. The van der Waals surface area contributed by atoms with Crippen molar-refractivity contribution in [3.05, 3.63) is 23.9 Å². The van der Waals surface area contributed by atoms with Gasteiger partial charge in [0.2, 0.25) is 5.95 Å². The average Bonchev–Trinajstić information content (AvgIpc) is 2.77. The molecule has 4 rings (SSSR count). The quantitative estimate of drug-likeness (QED) is 0.792. The molecule has 8 nitrogen and oxygen atoms in total. The summed E-state index contributed by atoms with van der Waals surface area (Å²) in [5.41, 5.74) is 2.20. The first-order valence-electron chi connectivity index (χ1n) is 10.4. The molecule has 0 saturated carbocycles. The van der Waals surface area contributed by atoms with Gasteiger partial charge in [-0.15, -0.1) is 6.58 Å². The van der Waals surface area contributed by atoms with Crippen molar-refractivity contribution in [3.63, 3.8) is 0 Å². The number of morpholine rings is 1. The minimum absolute atomic E-state index is 0.0487. The van der Waals surface area contributed by atoms with Crippen molar-refractivity contribution >= 4 is 17.8 Å². The smallest absolute Gasteiger partial charge is 0.317 e. The number of amides is 2. The third-order valence-corrected chi connectivity index (χ3v) is 5.66. The molecule has 152 valence electrons. The molecule has 0 unspecified atom stereocenters. The van der Waals surface area contributed by atoms with Gasteiger partial charge in [-0.25, -0.2) is 9.78 Å². The van der Waals surface area contributed by atoms with E-state index in [0.29, 0.717) is 19.6 Å². The van der Waals surface area contributed by atoms with Crippen molar-refractivity contribution in [1.29, 1.82) is 0 Å². The molecule has 1 N–H and O–H groups in total. The Kier molecular flexibility index (Phi) is 5.95. The summed E-state index contributed by atoms with van der Waals surface area (Å²) < 4.78 is 5.49. The second-order valence-corrected chi connectivity index (χ2v) is 7.57. The van der Waals surface area contributed by atoms with E-state index >= 15 is 0 Å². The van der Waals surface area contributed by atoms with Crippen LogP contribution in [-0.2, 0) is 17.7 Å². The van der Waals surface area contributed by atoms with Crippen LogP contribution in [0.4, 0.5) is 16.6 Å². The zero-order valence-corrected chi connectivity index (χ0v) is 16.5. The molecule has 4 heterocycles. The summed E-state index contributed by atoms with van der Waals surface area (Å²) >= 11 is 0. The van der Waals surface area contributed by atoms with Crippen LogP contribution in [0, 0.1) is 0 Å². The number of carbonyl (C=O) groups is 1. The Labute approximate surface area is 166 Å². The van der Waals surface area contributed by atoms with Gasteiger partial charge >= 0.3 is 6.03 Å². The van der Waals surface area contributed by atoms with Crippen LogP contribution in [0.5, 0.6) is 0 Å². The largest absolute Gasteiger partial charge is 0.378 e. The molecule has 0 bridgehead atoms. The number of urea groups is 1. The van der Waals surface area contributed by atoms with E-state index in [2.05, 4.69) is 21.7 Å². The van der Waals surface area contributed by atoms with E-state index in [1.807, 2.05) is 4.90 Å². The van der Waals surface area contributed by atoms with Crippen molar-refractivity contribution < 1.29 is 9.53 Å². The number of carbonyl (C=O) groups excluding carboxylic acids is 1. The fourth-order valence-electron chi connectivity index (χ4n) is 4.10. The van der Waals surface area contributed by atoms with Crippen LogP contribution >= 0.6 is 0 Å². The Morgan fingerprint density at radius 3 is 2.61 bits per heavy atom. The van der Waals surface area contributed by atoms with E-state index in [4.69, 9.17) is 14.7 Å². The summed E-state index contributed by atoms with van der Waals surface area (Å²) in [6.45, 7) is 10.5. The minimum atomic E-state index is -0.0487. The lowest BCUT2D eigenvalue weighted by atomic mass is 10.0. The number of rotatable bonds is 4. The van der Waals surface area contributed by atoms with E-state index in [-0.39, 0.29) is 6.03 Å². The lowest BCUT2D eigenvalue weighted by Crippen LogP contribution is -2.44. The van der Waals surface area contributed by atoms with Crippen molar-refractivity contribution in [3.8, 4) is 0 Å². The predicted molar refractivity (Wildman–Crippen MR) is 109 cm³/mol. The Morgan fingerprint density at radius 1 is 1.07 bits per heavy atom. The maximum absolute atomic E-state index is 12.5. The van der Waals surface area contributed by atoms with Gasteiger partial charge in [-0.3, -0.25) is 0 Å². The van der Waals surface area contributed by atoms with Gasteiger partial charge in [-0.05, 0) is 19.3 Å². The highest BCUT2D eigenvalue weighted by Crippen LogP contribution is 2.31. The summed E-state index contributed by atoms with van der Waals surface area (Å²) in [7, 11) is 0. The Bertz CT molecular complexity index is 713. The molecular formula is C20H30N6O2. The topological polar surface area (TPSA) is 73.8 Å². The number of nitrogens with zero attached hydrogens (tertiary/aromatic N) is 5. The lowest BCUT2D eigenvalue weighted by Gasteiger charge is -2.36. The molecule has 2 saturated heterocycles. The monoisotopic (exact) mass is 386 g/mol. The van der Waals surface area contributed by atoms with Gasteiger partial charge in [0.15, 0.2) is 0 Å². The maximum Gasteiger partial charge on any atom is 0.317 e.